The average Bonchev–Trinajstić information content (AvgIpc) is 2.74. The zero-order valence-corrected chi connectivity index (χ0v) is 16.2. The summed E-state index contributed by atoms with van der Waals surface area (Å²) in [6, 6.07) is 18.1. The molecule has 4 aromatic rings. The SMILES string of the molecule is COc1ccc(-c2oc3ccc(Cl)cc3c(=O)c2OCc2ccccc2F)cc1. The lowest BCUT2D eigenvalue weighted by Crippen LogP contribution is -2.11. The Balaban J connectivity index is 1.85. The van der Waals surface area contributed by atoms with E-state index in [1.54, 1.807) is 61.7 Å². The Kier molecular flexibility index (Phi) is 5.23. The summed E-state index contributed by atoms with van der Waals surface area (Å²) in [5.41, 5.74) is 0.960. The van der Waals surface area contributed by atoms with E-state index in [1.807, 2.05) is 0 Å². The highest BCUT2D eigenvalue weighted by atomic mass is 35.5. The molecule has 1 heterocycles. The maximum atomic E-state index is 14.0. The molecule has 0 saturated heterocycles. The van der Waals surface area contributed by atoms with Crippen molar-refractivity contribution in [1.82, 2.24) is 0 Å². The van der Waals surface area contributed by atoms with Crippen molar-refractivity contribution in [2.75, 3.05) is 7.11 Å². The van der Waals surface area contributed by atoms with E-state index in [9.17, 15) is 9.18 Å². The van der Waals surface area contributed by atoms with E-state index >= 15 is 0 Å². The fraction of sp³-hybridized carbons (Fsp3) is 0.0870. The largest absolute Gasteiger partial charge is 0.497 e. The third kappa shape index (κ3) is 3.82. The molecule has 0 aliphatic carbocycles. The van der Waals surface area contributed by atoms with Crippen molar-refractivity contribution in [3.05, 3.63) is 93.4 Å². The van der Waals surface area contributed by atoms with Crippen LogP contribution in [0.2, 0.25) is 5.02 Å². The van der Waals surface area contributed by atoms with Crippen LogP contribution in [0.3, 0.4) is 0 Å². The molecule has 0 atom stereocenters. The predicted octanol–water partition coefficient (Wildman–Crippen LogP) is 5.84. The molecule has 0 radical (unpaired) electrons. The fourth-order valence-corrected chi connectivity index (χ4v) is 3.15. The van der Waals surface area contributed by atoms with Crippen LogP contribution in [0, 0.1) is 5.82 Å². The molecule has 0 saturated carbocycles. The molecule has 1 aromatic heterocycles. The second-order valence-electron chi connectivity index (χ2n) is 6.34. The Morgan fingerprint density at radius 1 is 1.03 bits per heavy atom. The van der Waals surface area contributed by atoms with Crippen molar-refractivity contribution in [1.29, 1.82) is 0 Å². The lowest BCUT2D eigenvalue weighted by Gasteiger charge is -2.12. The van der Waals surface area contributed by atoms with Crippen LogP contribution >= 0.6 is 11.6 Å². The molecule has 4 rings (SSSR count). The molecule has 6 heteroatoms. The molecule has 0 aliphatic rings. The minimum Gasteiger partial charge on any atom is -0.497 e. The molecule has 0 unspecified atom stereocenters. The van der Waals surface area contributed by atoms with Gasteiger partial charge in [0.1, 0.15) is 23.8 Å². The Bertz CT molecular complexity index is 1230. The van der Waals surface area contributed by atoms with Gasteiger partial charge in [-0.2, -0.15) is 0 Å². The molecule has 29 heavy (non-hydrogen) atoms. The first-order chi connectivity index (χ1) is 14.1. The Labute approximate surface area is 171 Å². The number of hydrogen-bond donors (Lipinski definition) is 0. The third-order valence-corrected chi connectivity index (χ3v) is 4.73. The molecule has 0 bridgehead atoms. The van der Waals surface area contributed by atoms with Gasteiger partial charge < -0.3 is 13.9 Å². The maximum absolute atomic E-state index is 14.0. The Morgan fingerprint density at radius 2 is 1.79 bits per heavy atom. The van der Waals surface area contributed by atoms with Crippen LogP contribution in [-0.4, -0.2) is 7.11 Å². The van der Waals surface area contributed by atoms with Gasteiger partial charge in [-0.05, 0) is 48.5 Å². The van der Waals surface area contributed by atoms with Gasteiger partial charge >= 0.3 is 0 Å². The van der Waals surface area contributed by atoms with E-state index in [1.165, 1.54) is 12.1 Å². The van der Waals surface area contributed by atoms with Crippen LogP contribution in [0.1, 0.15) is 5.56 Å². The Hall–Kier alpha value is -3.31. The lowest BCUT2D eigenvalue weighted by molar-refractivity contribution is 0.292. The van der Waals surface area contributed by atoms with Crippen molar-refractivity contribution >= 4 is 22.6 Å². The quantitative estimate of drug-likeness (QED) is 0.414. The normalized spacial score (nSPS) is 10.9. The van der Waals surface area contributed by atoms with Crippen LogP contribution in [0.4, 0.5) is 4.39 Å². The van der Waals surface area contributed by atoms with E-state index in [0.717, 1.165) is 0 Å². The maximum Gasteiger partial charge on any atom is 0.235 e. The van der Waals surface area contributed by atoms with E-state index in [0.29, 0.717) is 32.9 Å². The molecule has 0 spiro atoms. The number of benzene rings is 3. The van der Waals surface area contributed by atoms with Gasteiger partial charge in [-0.1, -0.05) is 29.8 Å². The van der Waals surface area contributed by atoms with Crippen molar-refractivity contribution in [2.24, 2.45) is 0 Å². The molecular weight excluding hydrogens is 395 g/mol. The number of halogens is 2. The minimum absolute atomic E-state index is 0.00631. The number of fused-ring (bicyclic) bond motifs is 1. The fourth-order valence-electron chi connectivity index (χ4n) is 2.98. The molecule has 0 fully saturated rings. The van der Waals surface area contributed by atoms with E-state index in [2.05, 4.69) is 0 Å². The lowest BCUT2D eigenvalue weighted by atomic mass is 10.1. The highest BCUT2D eigenvalue weighted by molar-refractivity contribution is 6.31. The third-order valence-electron chi connectivity index (χ3n) is 4.49. The van der Waals surface area contributed by atoms with E-state index < -0.39 is 5.82 Å². The molecule has 0 aliphatic heterocycles. The highest BCUT2D eigenvalue weighted by Gasteiger charge is 2.19. The second kappa shape index (κ2) is 7.97. The van der Waals surface area contributed by atoms with Crippen LogP contribution in [-0.2, 0) is 6.61 Å². The first kappa shape index (κ1) is 19.0. The van der Waals surface area contributed by atoms with Gasteiger partial charge in [-0.3, -0.25) is 4.79 Å². The van der Waals surface area contributed by atoms with E-state index in [4.69, 9.17) is 25.5 Å². The summed E-state index contributed by atoms with van der Waals surface area (Å²) in [6.07, 6.45) is 0. The van der Waals surface area contributed by atoms with Crippen molar-refractivity contribution in [3.8, 4) is 22.8 Å². The summed E-state index contributed by atoms with van der Waals surface area (Å²) in [5.74, 6) is 0.501. The smallest absolute Gasteiger partial charge is 0.235 e. The van der Waals surface area contributed by atoms with Gasteiger partial charge in [0.05, 0.1) is 12.5 Å². The van der Waals surface area contributed by atoms with Gasteiger partial charge in [0.2, 0.25) is 11.2 Å². The number of ether oxygens (including phenoxy) is 2. The topological polar surface area (TPSA) is 48.7 Å². The average molecular weight is 411 g/mol. The van der Waals surface area contributed by atoms with Gasteiger partial charge in [-0.15, -0.1) is 0 Å². The van der Waals surface area contributed by atoms with Gasteiger partial charge in [0, 0.05) is 16.1 Å². The summed E-state index contributed by atoms with van der Waals surface area (Å²) in [6.45, 7) is -0.118. The molecule has 3 aromatic carbocycles. The van der Waals surface area contributed by atoms with Gasteiger partial charge in [0.25, 0.3) is 0 Å². The second-order valence-corrected chi connectivity index (χ2v) is 6.77. The van der Waals surface area contributed by atoms with Crippen LogP contribution in [0.15, 0.2) is 75.9 Å². The van der Waals surface area contributed by atoms with Gasteiger partial charge in [-0.25, -0.2) is 4.39 Å². The van der Waals surface area contributed by atoms with Crippen LogP contribution in [0.5, 0.6) is 11.5 Å². The summed E-state index contributed by atoms with van der Waals surface area (Å²) in [4.78, 5) is 13.1. The molecular formula is C23H16ClFO4. The zero-order chi connectivity index (χ0) is 20.4. The summed E-state index contributed by atoms with van der Waals surface area (Å²) in [7, 11) is 1.57. The molecule has 0 N–H and O–H groups in total. The highest BCUT2D eigenvalue weighted by Crippen LogP contribution is 2.33. The van der Waals surface area contributed by atoms with Crippen LogP contribution < -0.4 is 14.9 Å². The molecule has 4 nitrogen and oxygen atoms in total. The molecule has 146 valence electrons. The van der Waals surface area contributed by atoms with Crippen molar-refractivity contribution in [2.45, 2.75) is 6.61 Å². The number of methoxy groups -OCH3 is 1. The van der Waals surface area contributed by atoms with Crippen LogP contribution in [0.25, 0.3) is 22.3 Å². The van der Waals surface area contributed by atoms with E-state index in [-0.39, 0.29) is 23.5 Å². The molecule has 0 amide bonds. The monoisotopic (exact) mass is 410 g/mol. The number of rotatable bonds is 5. The first-order valence-electron chi connectivity index (χ1n) is 8.84. The minimum atomic E-state index is -0.410. The zero-order valence-electron chi connectivity index (χ0n) is 15.4. The summed E-state index contributed by atoms with van der Waals surface area (Å²) < 4.78 is 30.9. The summed E-state index contributed by atoms with van der Waals surface area (Å²) in [5, 5.41) is 0.695. The number of hydrogen-bond acceptors (Lipinski definition) is 4. The first-order valence-corrected chi connectivity index (χ1v) is 9.21. The van der Waals surface area contributed by atoms with Crippen molar-refractivity contribution in [3.63, 3.8) is 0 Å². The standard InChI is InChI=1S/C23H16ClFO4/c1-27-17-9-6-14(7-10-17)22-23(28-13-15-4-2-3-5-19(15)25)21(26)18-12-16(24)8-11-20(18)29-22/h2-12H,13H2,1H3. The summed E-state index contributed by atoms with van der Waals surface area (Å²) >= 11 is 6.04. The Morgan fingerprint density at radius 3 is 2.52 bits per heavy atom. The van der Waals surface area contributed by atoms with Crippen molar-refractivity contribution < 1.29 is 18.3 Å². The van der Waals surface area contributed by atoms with Gasteiger partial charge in [0.15, 0.2) is 5.76 Å². The predicted molar refractivity (Wildman–Crippen MR) is 110 cm³/mol.